The number of nitrogens with zero attached hydrogens (tertiary/aromatic N) is 1. The Morgan fingerprint density at radius 3 is 2.44 bits per heavy atom. The molecular formula is C24H30ClNO. The number of likely N-dealkylation sites (tertiary alicyclic amines) is 1. The van der Waals surface area contributed by atoms with Gasteiger partial charge in [-0.05, 0) is 69.0 Å². The first kappa shape index (κ1) is 18.8. The van der Waals surface area contributed by atoms with Gasteiger partial charge in [0.15, 0.2) is 0 Å². The molecule has 3 heteroatoms. The van der Waals surface area contributed by atoms with Gasteiger partial charge in [0.1, 0.15) is 5.75 Å². The van der Waals surface area contributed by atoms with Gasteiger partial charge >= 0.3 is 0 Å². The SMILES string of the molecule is Cc1ccc(OC[C@H]2CCCN(CC3(c4ccc(Cl)cc4)CCC3)C2)cc1. The maximum atomic E-state index is 6.10. The van der Waals surface area contributed by atoms with E-state index in [-0.39, 0.29) is 0 Å². The number of halogens is 1. The van der Waals surface area contributed by atoms with Crippen molar-refractivity contribution >= 4 is 11.6 Å². The number of hydrogen-bond acceptors (Lipinski definition) is 2. The Labute approximate surface area is 168 Å². The lowest BCUT2D eigenvalue weighted by atomic mass is 9.64. The van der Waals surface area contributed by atoms with Crippen LogP contribution in [0.4, 0.5) is 0 Å². The highest BCUT2D eigenvalue weighted by Crippen LogP contribution is 2.45. The molecule has 144 valence electrons. The third kappa shape index (κ3) is 4.50. The fourth-order valence-electron chi connectivity index (χ4n) is 4.65. The molecule has 0 spiro atoms. The molecule has 1 aliphatic carbocycles. The molecule has 1 aliphatic heterocycles. The molecule has 2 fully saturated rings. The van der Waals surface area contributed by atoms with Gasteiger partial charge in [0.25, 0.3) is 0 Å². The van der Waals surface area contributed by atoms with E-state index in [4.69, 9.17) is 16.3 Å². The van der Waals surface area contributed by atoms with Crippen LogP contribution in [-0.4, -0.2) is 31.1 Å². The summed E-state index contributed by atoms with van der Waals surface area (Å²) in [4.78, 5) is 2.68. The minimum Gasteiger partial charge on any atom is -0.493 e. The van der Waals surface area contributed by atoms with Crippen molar-refractivity contribution in [1.29, 1.82) is 0 Å². The lowest BCUT2D eigenvalue weighted by molar-refractivity contribution is 0.0816. The minimum absolute atomic E-state index is 0.338. The van der Waals surface area contributed by atoms with E-state index in [1.165, 1.54) is 56.3 Å². The number of piperidine rings is 1. The molecule has 0 N–H and O–H groups in total. The molecule has 0 bridgehead atoms. The zero-order chi connectivity index (χ0) is 18.7. The number of benzene rings is 2. The molecule has 0 aromatic heterocycles. The van der Waals surface area contributed by atoms with Crippen LogP contribution in [0.2, 0.25) is 5.02 Å². The van der Waals surface area contributed by atoms with Crippen LogP contribution >= 0.6 is 11.6 Å². The predicted molar refractivity (Wildman–Crippen MR) is 113 cm³/mol. The molecule has 0 amide bonds. The maximum absolute atomic E-state index is 6.10. The monoisotopic (exact) mass is 383 g/mol. The molecule has 1 atom stereocenters. The highest BCUT2D eigenvalue weighted by atomic mass is 35.5. The molecule has 2 aliphatic rings. The van der Waals surface area contributed by atoms with Gasteiger partial charge in [-0.3, -0.25) is 0 Å². The number of rotatable bonds is 6. The second-order valence-corrected chi connectivity index (χ2v) is 8.94. The molecule has 4 rings (SSSR count). The summed E-state index contributed by atoms with van der Waals surface area (Å²) in [6.07, 6.45) is 6.50. The molecular weight excluding hydrogens is 354 g/mol. The van der Waals surface area contributed by atoms with E-state index >= 15 is 0 Å². The van der Waals surface area contributed by atoms with E-state index in [1.807, 2.05) is 12.1 Å². The molecule has 2 nitrogen and oxygen atoms in total. The van der Waals surface area contributed by atoms with E-state index in [1.54, 1.807) is 0 Å². The van der Waals surface area contributed by atoms with Crippen molar-refractivity contribution in [2.75, 3.05) is 26.2 Å². The predicted octanol–water partition coefficient (Wildman–Crippen LogP) is 5.86. The van der Waals surface area contributed by atoms with Crippen LogP contribution in [0.1, 0.15) is 43.2 Å². The Balaban J connectivity index is 1.35. The molecule has 2 aromatic carbocycles. The van der Waals surface area contributed by atoms with Crippen molar-refractivity contribution in [3.8, 4) is 5.75 Å². The minimum atomic E-state index is 0.338. The van der Waals surface area contributed by atoms with Gasteiger partial charge in [-0.25, -0.2) is 0 Å². The smallest absolute Gasteiger partial charge is 0.119 e. The first-order valence-electron chi connectivity index (χ1n) is 10.3. The van der Waals surface area contributed by atoms with E-state index < -0.39 is 0 Å². The summed E-state index contributed by atoms with van der Waals surface area (Å²) in [7, 11) is 0. The van der Waals surface area contributed by atoms with Gasteiger partial charge in [0.2, 0.25) is 0 Å². The molecule has 1 saturated carbocycles. The Morgan fingerprint density at radius 2 is 1.78 bits per heavy atom. The topological polar surface area (TPSA) is 12.5 Å². The summed E-state index contributed by atoms with van der Waals surface area (Å²) in [5.74, 6) is 1.62. The van der Waals surface area contributed by atoms with Crippen molar-refractivity contribution < 1.29 is 4.74 Å². The zero-order valence-electron chi connectivity index (χ0n) is 16.3. The standard InChI is InChI=1S/C24H30ClNO/c1-19-5-11-23(12-6-19)27-17-20-4-2-15-26(16-20)18-24(13-3-14-24)21-7-9-22(25)10-8-21/h5-12,20H,2-4,13-18H2,1H3/t20-/m0/s1. The molecule has 1 heterocycles. The van der Waals surface area contributed by atoms with Crippen LogP contribution < -0.4 is 4.74 Å². The van der Waals surface area contributed by atoms with Crippen LogP contribution in [0, 0.1) is 12.8 Å². The van der Waals surface area contributed by atoms with Gasteiger partial charge in [0, 0.05) is 29.4 Å². The summed E-state index contributed by atoms with van der Waals surface area (Å²) >= 11 is 6.10. The summed E-state index contributed by atoms with van der Waals surface area (Å²) in [5, 5.41) is 0.833. The number of hydrogen-bond donors (Lipinski definition) is 0. The van der Waals surface area contributed by atoms with Crippen LogP contribution in [-0.2, 0) is 5.41 Å². The average molecular weight is 384 g/mol. The van der Waals surface area contributed by atoms with Crippen molar-refractivity contribution in [2.24, 2.45) is 5.92 Å². The van der Waals surface area contributed by atoms with Gasteiger partial charge < -0.3 is 9.64 Å². The average Bonchev–Trinajstić information content (AvgIpc) is 2.65. The first-order chi connectivity index (χ1) is 13.1. The Bertz CT molecular complexity index is 736. The number of ether oxygens (including phenoxy) is 1. The number of aryl methyl sites for hydroxylation is 1. The summed E-state index contributed by atoms with van der Waals surface area (Å²) in [6, 6.07) is 17.0. The van der Waals surface area contributed by atoms with Crippen LogP contribution in [0.25, 0.3) is 0 Å². The normalized spacial score (nSPS) is 22.2. The van der Waals surface area contributed by atoms with Crippen LogP contribution in [0.15, 0.2) is 48.5 Å². The third-order valence-corrected chi connectivity index (χ3v) is 6.66. The Morgan fingerprint density at radius 1 is 1.04 bits per heavy atom. The van der Waals surface area contributed by atoms with Crippen molar-refractivity contribution in [1.82, 2.24) is 4.90 Å². The quantitative estimate of drug-likeness (QED) is 0.619. The van der Waals surface area contributed by atoms with Crippen molar-refractivity contribution in [3.05, 3.63) is 64.7 Å². The van der Waals surface area contributed by atoms with Gasteiger partial charge in [-0.15, -0.1) is 0 Å². The zero-order valence-corrected chi connectivity index (χ0v) is 17.0. The van der Waals surface area contributed by atoms with Crippen molar-refractivity contribution in [2.45, 2.75) is 44.4 Å². The Hall–Kier alpha value is -1.51. The fraction of sp³-hybridized carbons (Fsp3) is 0.500. The highest BCUT2D eigenvalue weighted by molar-refractivity contribution is 6.30. The summed E-state index contributed by atoms with van der Waals surface area (Å²) in [6.45, 7) is 6.49. The lowest BCUT2D eigenvalue weighted by Gasteiger charge is -2.47. The molecule has 0 radical (unpaired) electrons. The second-order valence-electron chi connectivity index (χ2n) is 8.51. The van der Waals surface area contributed by atoms with Gasteiger partial charge in [0.05, 0.1) is 6.61 Å². The largest absolute Gasteiger partial charge is 0.493 e. The Kier molecular flexibility index (Phi) is 5.75. The maximum Gasteiger partial charge on any atom is 0.119 e. The van der Waals surface area contributed by atoms with Crippen LogP contribution in [0.3, 0.4) is 0 Å². The van der Waals surface area contributed by atoms with Crippen LogP contribution in [0.5, 0.6) is 5.75 Å². The van der Waals surface area contributed by atoms with E-state index in [0.29, 0.717) is 11.3 Å². The van der Waals surface area contributed by atoms with Gasteiger partial charge in [-0.2, -0.15) is 0 Å². The van der Waals surface area contributed by atoms with Crippen molar-refractivity contribution in [3.63, 3.8) is 0 Å². The fourth-order valence-corrected chi connectivity index (χ4v) is 4.78. The molecule has 27 heavy (non-hydrogen) atoms. The third-order valence-electron chi connectivity index (χ3n) is 6.40. The van der Waals surface area contributed by atoms with E-state index in [9.17, 15) is 0 Å². The molecule has 1 saturated heterocycles. The summed E-state index contributed by atoms with van der Waals surface area (Å²) < 4.78 is 6.08. The highest BCUT2D eigenvalue weighted by Gasteiger charge is 2.40. The first-order valence-corrected chi connectivity index (χ1v) is 10.7. The lowest BCUT2D eigenvalue weighted by Crippen LogP contribution is -2.49. The summed E-state index contributed by atoms with van der Waals surface area (Å²) in [5.41, 5.74) is 3.08. The molecule has 0 unspecified atom stereocenters. The van der Waals surface area contributed by atoms with E-state index in [0.717, 1.165) is 23.9 Å². The second kappa shape index (κ2) is 8.24. The van der Waals surface area contributed by atoms with Gasteiger partial charge in [-0.1, -0.05) is 47.9 Å². The molecule has 2 aromatic rings. The van der Waals surface area contributed by atoms with E-state index in [2.05, 4.69) is 48.2 Å².